The van der Waals surface area contributed by atoms with Crippen molar-refractivity contribution in [1.82, 2.24) is 0 Å². The van der Waals surface area contributed by atoms with Gasteiger partial charge in [-0.2, -0.15) is 0 Å². The Kier molecular flexibility index (Phi) is 3.11. The molecule has 0 saturated heterocycles. The second kappa shape index (κ2) is 4.12. The third-order valence-corrected chi connectivity index (χ3v) is 1.82. The molecule has 2 nitrogen and oxygen atoms in total. The highest BCUT2D eigenvalue weighted by Crippen LogP contribution is 2.26. The van der Waals surface area contributed by atoms with E-state index in [1.54, 1.807) is 18.2 Å². The summed E-state index contributed by atoms with van der Waals surface area (Å²) in [5.41, 5.74) is 0.461. The number of benzene rings is 1. The summed E-state index contributed by atoms with van der Waals surface area (Å²) in [6.07, 6.45) is 0.713. The highest BCUT2D eigenvalue weighted by molar-refractivity contribution is 6.34. The van der Waals surface area contributed by atoms with Crippen LogP contribution in [0.1, 0.15) is 17.3 Å². The Labute approximate surface area is 76.1 Å². The number of rotatable bonds is 3. The minimum atomic E-state index is 0.384. The lowest BCUT2D eigenvalue weighted by Crippen LogP contribution is -1.93. The molecule has 0 bridgehead atoms. The SMILES string of the molecule is CCOc1cccc(C=O)c1Cl. The molecule has 0 aliphatic carbocycles. The predicted octanol–water partition coefficient (Wildman–Crippen LogP) is 2.55. The van der Waals surface area contributed by atoms with Gasteiger partial charge in [-0.25, -0.2) is 0 Å². The number of halogens is 1. The Morgan fingerprint density at radius 2 is 2.33 bits per heavy atom. The molecule has 1 aromatic rings. The van der Waals surface area contributed by atoms with Crippen molar-refractivity contribution >= 4 is 17.9 Å². The number of ether oxygens (including phenoxy) is 1. The maximum atomic E-state index is 10.4. The van der Waals surface area contributed by atoms with E-state index >= 15 is 0 Å². The number of aldehydes is 1. The molecule has 0 radical (unpaired) electrons. The molecule has 0 saturated carbocycles. The van der Waals surface area contributed by atoms with Crippen molar-refractivity contribution in [3.05, 3.63) is 28.8 Å². The maximum Gasteiger partial charge on any atom is 0.151 e. The summed E-state index contributed by atoms with van der Waals surface area (Å²) in [7, 11) is 0. The molecule has 12 heavy (non-hydrogen) atoms. The van der Waals surface area contributed by atoms with Gasteiger partial charge in [0.25, 0.3) is 0 Å². The zero-order chi connectivity index (χ0) is 8.97. The van der Waals surface area contributed by atoms with Crippen molar-refractivity contribution in [2.75, 3.05) is 6.61 Å². The maximum absolute atomic E-state index is 10.4. The largest absolute Gasteiger partial charge is 0.492 e. The van der Waals surface area contributed by atoms with Crippen LogP contribution in [0.5, 0.6) is 5.75 Å². The first-order chi connectivity index (χ1) is 5.79. The second-order valence-corrected chi connectivity index (χ2v) is 2.59. The molecule has 1 aromatic carbocycles. The van der Waals surface area contributed by atoms with E-state index in [0.717, 1.165) is 0 Å². The van der Waals surface area contributed by atoms with Gasteiger partial charge < -0.3 is 4.74 Å². The van der Waals surface area contributed by atoms with Gasteiger partial charge in [-0.3, -0.25) is 4.79 Å². The fourth-order valence-electron chi connectivity index (χ4n) is 0.886. The highest BCUT2D eigenvalue weighted by Gasteiger charge is 2.04. The molecule has 0 fully saturated rings. The van der Waals surface area contributed by atoms with Gasteiger partial charge in [0.2, 0.25) is 0 Å². The lowest BCUT2D eigenvalue weighted by atomic mass is 10.2. The van der Waals surface area contributed by atoms with Crippen molar-refractivity contribution in [3.8, 4) is 5.75 Å². The van der Waals surface area contributed by atoms with Gasteiger partial charge >= 0.3 is 0 Å². The van der Waals surface area contributed by atoms with Crippen LogP contribution in [0.3, 0.4) is 0 Å². The summed E-state index contributed by atoms with van der Waals surface area (Å²) in [4.78, 5) is 10.4. The lowest BCUT2D eigenvalue weighted by molar-refractivity contribution is 0.112. The summed E-state index contributed by atoms with van der Waals surface area (Å²) < 4.78 is 5.19. The zero-order valence-electron chi connectivity index (χ0n) is 6.71. The fraction of sp³-hybridized carbons (Fsp3) is 0.222. The van der Waals surface area contributed by atoms with Gasteiger partial charge in [0, 0.05) is 5.56 Å². The van der Waals surface area contributed by atoms with Crippen molar-refractivity contribution in [1.29, 1.82) is 0 Å². The lowest BCUT2D eigenvalue weighted by Gasteiger charge is -2.05. The van der Waals surface area contributed by atoms with E-state index in [9.17, 15) is 4.79 Å². The fourth-order valence-corrected chi connectivity index (χ4v) is 1.11. The minimum absolute atomic E-state index is 0.384. The van der Waals surface area contributed by atoms with Crippen LogP contribution >= 0.6 is 11.6 Å². The summed E-state index contributed by atoms with van der Waals surface area (Å²) in [5.74, 6) is 0.559. The van der Waals surface area contributed by atoms with Crippen LogP contribution in [0.4, 0.5) is 0 Å². The molecule has 0 N–H and O–H groups in total. The van der Waals surface area contributed by atoms with Crippen molar-refractivity contribution < 1.29 is 9.53 Å². The quantitative estimate of drug-likeness (QED) is 0.675. The van der Waals surface area contributed by atoms with Crippen LogP contribution < -0.4 is 4.74 Å². The predicted molar refractivity (Wildman–Crippen MR) is 48.0 cm³/mol. The van der Waals surface area contributed by atoms with Crippen molar-refractivity contribution in [2.24, 2.45) is 0 Å². The molecule has 0 unspecified atom stereocenters. The van der Waals surface area contributed by atoms with E-state index < -0.39 is 0 Å². The first kappa shape index (κ1) is 9.07. The molecule has 64 valence electrons. The van der Waals surface area contributed by atoms with Crippen molar-refractivity contribution in [3.63, 3.8) is 0 Å². The number of hydrogen-bond donors (Lipinski definition) is 0. The molecular weight excluding hydrogens is 176 g/mol. The van der Waals surface area contributed by atoms with Gasteiger partial charge in [-0.05, 0) is 19.1 Å². The first-order valence-corrected chi connectivity index (χ1v) is 4.04. The van der Waals surface area contributed by atoms with E-state index in [0.29, 0.717) is 29.2 Å². The Balaban J connectivity index is 3.04. The van der Waals surface area contributed by atoms with Gasteiger partial charge in [0.1, 0.15) is 5.75 Å². The molecule has 0 aliphatic rings. The van der Waals surface area contributed by atoms with Gasteiger partial charge in [0.05, 0.1) is 11.6 Å². The number of hydrogen-bond acceptors (Lipinski definition) is 2. The molecule has 0 spiro atoms. The third kappa shape index (κ3) is 1.77. The molecule has 0 amide bonds. The molecule has 0 aliphatic heterocycles. The average molecular weight is 185 g/mol. The third-order valence-electron chi connectivity index (χ3n) is 1.42. The van der Waals surface area contributed by atoms with E-state index in [4.69, 9.17) is 16.3 Å². The monoisotopic (exact) mass is 184 g/mol. The van der Waals surface area contributed by atoms with Gasteiger partial charge in [-0.1, -0.05) is 17.7 Å². The molecule has 0 aromatic heterocycles. The van der Waals surface area contributed by atoms with Crippen molar-refractivity contribution in [2.45, 2.75) is 6.92 Å². The Bertz CT molecular complexity index is 284. The van der Waals surface area contributed by atoms with Crippen LogP contribution in [0.25, 0.3) is 0 Å². The van der Waals surface area contributed by atoms with Gasteiger partial charge in [-0.15, -0.1) is 0 Å². The summed E-state index contributed by atoms with van der Waals surface area (Å²) in [6, 6.07) is 5.12. The minimum Gasteiger partial charge on any atom is -0.492 e. The van der Waals surface area contributed by atoms with Crippen LogP contribution in [-0.4, -0.2) is 12.9 Å². The van der Waals surface area contributed by atoms with Crippen LogP contribution in [0, 0.1) is 0 Å². The average Bonchev–Trinajstić information content (AvgIpc) is 2.09. The van der Waals surface area contributed by atoms with E-state index in [1.165, 1.54) is 0 Å². The zero-order valence-corrected chi connectivity index (χ0v) is 7.47. The molecule has 0 heterocycles. The Morgan fingerprint density at radius 1 is 1.58 bits per heavy atom. The Hall–Kier alpha value is -1.02. The second-order valence-electron chi connectivity index (χ2n) is 2.21. The molecular formula is C9H9ClO2. The molecule has 3 heteroatoms. The summed E-state index contributed by atoms with van der Waals surface area (Å²) in [6.45, 7) is 2.41. The normalized spacial score (nSPS) is 9.50. The van der Waals surface area contributed by atoms with Gasteiger partial charge in [0.15, 0.2) is 6.29 Å². The number of carbonyl (C=O) groups excluding carboxylic acids is 1. The smallest absolute Gasteiger partial charge is 0.151 e. The van der Waals surface area contributed by atoms with E-state index in [1.807, 2.05) is 6.92 Å². The van der Waals surface area contributed by atoms with Crippen LogP contribution in [-0.2, 0) is 0 Å². The van der Waals surface area contributed by atoms with E-state index in [-0.39, 0.29) is 0 Å². The Morgan fingerprint density at radius 3 is 2.92 bits per heavy atom. The van der Waals surface area contributed by atoms with Crippen LogP contribution in [0.15, 0.2) is 18.2 Å². The molecule has 0 atom stereocenters. The summed E-state index contributed by atoms with van der Waals surface area (Å²) in [5, 5.41) is 0.384. The topological polar surface area (TPSA) is 26.3 Å². The highest BCUT2D eigenvalue weighted by atomic mass is 35.5. The standard InChI is InChI=1S/C9H9ClO2/c1-2-12-8-5-3-4-7(6-11)9(8)10/h3-6H,2H2,1H3. The number of carbonyl (C=O) groups is 1. The molecule has 1 rings (SSSR count). The summed E-state index contributed by atoms with van der Waals surface area (Å²) >= 11 is 5.83. The van der Waals surface area contributed by atoms with Crippen LogP contribution in [0.2, 0.25) is 5.02 Å². The van der Waals surface area contributed by atoms with E-state index in [2.05, 4.69) is 0 Å². The first-order valence-electron chi connectivity index (χ1n) is 3.66.